The van der Waals surface area contributed by atoms with Gasteiger partial charge in [-0.1, -0.05) is 0 Å². The molecule has 2 heterocycles. The zero-order valence-electron chi connectivity index (χ0n) is 5.20. The second-order valence-corrected chi connectivity index (χ2v) is 1.96. The van der Waals surface area contributed by atoms with Crippen LogP contribution < -0.4 is 0 Å². The number of nitrogens with one attached hydrogen (secondary N) is 2. The summed E-state index contributed by atoms with van der Waals surface area (Å²) < 4.78 is 0. The molecule has 0 spiro atoms. The molecule has 0 bridgehead atoms. The third kappa shape index (κ3) is 0.699. The molecular formula is C6H6N4. The third-order valence-electron chi connectivity index (χ3n) is 1.31. The first kappa shape index (κ1) is 5.22. The normalized spacial score (nSPS) is 10.0. The van der Waals surface area contributed by atoms with Crippen LogP contribution in [0.2, 0.25) is 0 Å². The van der Waals surface area contributed by atoms with Gasteiger partial charge in [0.15, 0.2) is 0 Å². The summed E-state index contributed by atoms with van der Waals surface area (Å²) in [5.74, 6) is 0. The Labute approximate surface area is 57.3 Å². The van der Waals surface area contributed by atoms with Gasteiger partial charge in [0.1, 0.15) is 0 Å². The lowest BCUT2D eigenvalue weighted by atomic mass is 10.3. The van der Waals surface area contributed by atoms with Crippen LogP contribution in [0.1, 0.15) is 0 Å². The zero-order chi connectivity index (χ0) is 6.81. The predicted octanol–water partition coefficient (Wildman–Crippen LogP) is 0.800. The molecule has 0 fully saturated rings. The van der Waals surface area contributed by atoms with E-state index in [4.69, 9.17) is 0 Å². The fourth-order valence-electron chi connectivity index (χ4n) is 0.815. The van der Waals surface area contributed by atoms with Crippen LogP contribution in [-0.2, 0) is 0 Å². The Morgan fingerprint density at radius 2 is 2.30 bits per heavy atom. The van der Waals surface area contributed by atoms with E-state index >= 15 is 0 Å². The molecular weight excluding hydrogens is 128 g/mol. The fourth-order valence-corrected chi connectivity index (χ4v) is 0.815. The predicted molar refractivity (Wildman–Crippen MR) is 36.2 cm³/mol. The molecule has 10 heavy (non-hydrogen) atoms. The monoisotopic (exact) mass is 134 g/mol. The number of rotatable bonds is 1. The smallest absolute Gasteiger partial charge is 0.0681 e. The molecule has 0 unspecified atom stereocenters. The van der Waals surface area contributed by atoms with Crippen molar-refractivity contribution in [2.75, 3.05) is 0 Å². The maximum atomic E-state index is 3.81. The highest BCUT2D eigenvalue weighted by Gasteiger charge is 1.96. The van der Waals surface area contributed by atoms with E-state index in [-0.39, 0.29) is 0 Å². The van der Waals surface area contributed by atoms with Gasteiger partial charge in [0.2, 0.25) is 0 Å². The first-order valence-corrected chi connectivity index (χ1v) is 2.95. The molecule has 4 nitrogen and oxygen atoms in total. The Morgan fingerprint density at radius 3 is 2.90 bits per heavy atom. The average molecular weight is 134 g/mol. The van der Waals surface area contributed by atoms with Crippen LogP contribution in [0.4, 0.5) is 0 Å². The van der Waals surface area contributed by atoms with Crippen LogP contribution in [0.25, 0.3) is 11.3 Å². The zero-order valence-corrected chi connectivity index (χ0v) is 5.20. The molecule has 0 aromatic carbocycles. The van der Waals surface area contributed by atoms with Gasteiger partial charge in [-0.2, -0.15) is 10.2 Å². The average Bonchev–Trinajstić information content (AvgIpc) is 2.59. The molecule has 0 saturated heterocycles. The number of H-pyrrole nitrogens is 2. The summed E-state index contributed by atoms with van der Waals surface area (Å²) in [5.41, 5.74) is 2.01. The summed E-state index contributed by atoms with van der Waals surface area (Å²) in [4.78, 5) is 0. The van der Waals surface area contributed by atoms with Gasteiger partial charge >= 0.3 is 0 Å². The van der Waals surface area contributed by atoms with Gasteiger partial charge in [0.25, 0.3) is 0 Å². The molecule has 0 radical (unpaired) electrons. The highest BCUT2D eigenvalue weighted by molar-refractivity contribution is 5.55. The second-order valence-electron chi connectivity index (χ2n) is 1.96. The minimum Gasteiger partial charge on any atom is -0.285 e. The SMILES string of the molecule is c1cc(-c2cn[nH]c2)[nH]n1. The lowest BCUT2D eigenvalue weighted by Gasteiger charge is -1.84. The van der Waals surface area contributed by atoms with Crippen LogP contribution in [0.5, 0.6) is 0 Å². The fraction of sp³-hybridized carbons (Fsp3) is 0. The van der Waals surface area contributed by atoms with E-state index in [9.17, 15) is 0 Å². The highest BCUT2D eigenvalue weighted by atomic mass is 15.1. The first-order valence-electron chi connectivity index (χ1n) is 2.95. The first-order chi connectivity index (χ1) is 4.97. The number of hydrogen-bond donors (Lipinski definition) is 2. The largest absolute Gasteiger partial charge is 0.285 e. The summed E-state index contributed by atoms with van der Waals surface area (Å²) in [6, 6.07) is 1.89. The number of hydrogen-bond acceptors (Lipinski definition) is 2. The van der Waals surface area contributed by atoms with Crippen molar-refractivity contribution in [1.29, 1.82) is 0 Å². The van der Waals surface area contributed by atoms with Crippen LogP contribution >= 0.6 is 0 Å². The molecule has 0 aliphatic heterocycles. The molecule has 2 aromatic rings. The standard InChI is InChI=1S/C6H6N4/c1-2-7-10-6(1)5-3-8-9-4-5/h1-4H,(H,7,10)(H,8,9). The van der Waals surface area contributed by atoms with E-state index in [0.717, 1.165) is 11.3 Å². The molecule has 4 heteroatoms. The minimum absolute atomic E-state index is 0.980. The molecule has 0 saturated carbocycles. The molecule has 0 amide bonds. The summed E-state index contributed by atoms with van der Waals surface area (Å²) in [5, 5.41) is 13.2. The quantitative estimate of drug-likeness (QED) is 0.606. The van der Waals surface area contributed by atoms with Crippen molar-refractivity contribution in [3.05, 3.63) is 24.7 Å². The third-order valence-corrected chi connectivity index (χ3v) is 1.31. The van der Waals surface area contributed by atoms with Crippen molar-refractivity contribution in [3.63, 3.8) is 0 Å². The Morgan fingerprint density at radius 1 is 1.30 bits per heavy atom. The molecule has 0 aliphatic carbocycles. The van der Waals surface area contributed by atoms with E-state index < -0.39 is 0 Å². The lowest BCUT2D eigenvalue weighted by Crippen LogP contribution is -1.71. The maximum absolute atomic E-state index is 3.81. The molecule has 50 valence electrons. The van der Waals surface area contributed by atoms with Gasteiger partial charge in [-0.15, -0.1) is 0 Å². The number of aromatic nitrogens is 4. The van der Waals surface area contributed by atoms with Crippen molar-refractivity contribution in [2.24, 2.45) is 0 Å². The van der Waals surface area contributed by atoms with E-state index in [1.54, 1.807) is 12.4 Å². The molecule has 2 N–H and O–H groups in total. The van der Waals surface area contributed by atoms with Crippen LogP contribution in [0.3, 0.4) is 0 Å². The lowest BCUT2D eigenvalue weighted by molar-refractivity contribution is 1.09. The summed E-state index contributed by atoms with van der Waals surface area (Å²) in [7, 11) is 0. The van der Waals surface area contributed by atoms with Crippen molar-refractivity contribution in [1.82, 2.24) is 20.4 Å². The van der Waals surface area contributed by atoms with Gasteiger partial charge in [0.05, 0.1) is 11.9 Å². The van der Waals surface area contributed by atoms with Crippen LogP contribution in [0.15, 0.2) is 24.7 Å². The molecule has 0 aliphatic rings. The van der Waals surface area contributed by atoms with Crippen molar-refractivity contribution >= 4 is 0 Å². The molecule has 0 atom stereocenters. The van der Waals surface area contributed by atoms with E-state index in [1.807, 2.05) is 12.3 Å². The van der Waals surface area contributed by atoms with Gasteiger partial charge in [-0.3, -0.25) is 10.2 Å². The Kier molecular flexibility index (Phi) is 1.04. The molecule has 2 aromatic heterocycles. The minimum atomic E-state index is 0.980. The van der Waals surface area contributed by atoms with Gasteiger partial charge in [-0.25, -0.2) is 0 Å². The van der Waals surface area contributed by atoms with Gasteiger partial charge in [0, 0.05) is 18.0 Å². The van der Waals surface area contributed by atoms with E-state index in [2.05, 4.69) is 20.4 Å². The summed E-state index contributed by atoms with van der Waals surface area (Å²) in [6.45, 7) is 0. The Bertz CT molecular complexity index is 249. The van der Waals surface area contributed by atoms with E-state index in [1.165, 1.54) is 0 Å². The topological polar surface area (TPSA) is 57.4 Å². The number of aromatic amines is 2. The van der Waals surface area contributed by atoms with Crippen LogP contribution in [-0.4, -0.2) is 20.4 Å². The summed E-state index contributed by atoms with van der Waals surface area (Å²) >= 11 is 0. The van der Waals surface area contributed by atoms with Gasteiger partial charge < -0.3 is 0 Å². The van der Waals surface area contributed by atoms with Crippen molar-refractivity contribution in [3.8, 4) is 11.3 Å². The highest BCUT2D eigenvalue weighted by Crippen LogP contribution is 2.11. The van der Waals surface area contributed by atoms with Crippen molar-refractivity contribution < 1.29 is 0 Å². The Balaban J connectivity index is 2.48. The van der Waals surface area contributed by atoms with E-state index in [0.29, 0.717) is 0 Å². The summed E-state index contributed by atoms with van der Waals surface area (Å²) in [6.07, 6.45) is 5.27. The number of nitrogens with zero attached hydrogens (tertiary/aromatic N) is 2. The molecule has 2 rings (SSSR count). The second kappa shape index (κ2) is 1.98. The van der Waals surface area contributed by atoms with Gasteiger partial charge in [-0.05, 0) is 6.07 Å². The maximum Gasteiger partial charge on any atom is 0.0681 e. The van der Waals surface area contributed by atoms with Crippen molar-refractivity contribution in [2.45, 2.75) is 0 Å². The Hall–Kier alpha value is -1.58. The van der Waals surface area contributed by atoms with Crippen LogP contribution in [0, 0.1) is 0 Å².